The van der Waals surface area contributed by atoms with Gasteiger partial charge in [0.1, 0.15) is 11.4 Å². The Morgan fingerprint density at radius 1 is 1.42 bits per heavy atom. The lowest BCUT2D eigenvalue weighted by Gasteiger charge is -2.07. The Labute approximate surface area is 142 Å². The quantitative estimate of drug-likeness (QED) is 0.795. The maximum atomic E-state index is 12.6. The molecule has 1 N–H and O–H groups in total. The molecule has 0 atom stereocenters. The lowest BCUT2D eigenvalue weighted by molar-refractivity contribution is -0.116. The van der Waals surface area contributed by atoms with E-state index in [1.54, 1.807) is 24.3 Å². The highest BCUT2D eigenvalue weighted by atomic mass is 32.1. The van der Waals surface area contributed by atoms with Crippen molar-refractivity contribution in [1.29, 1.82) is 5.26 Å². The fourth-order valence-corrected chi connectivity index (χ4v) is 3.39. The van der Waals surface area contributed by atoms with Crippen LogP contribution < -0.4 is 10.9 Å². The number of carbonyl (C=O) groups excluding carboxylic acids is 1. The molecule has 3 aromatic rings. The van der Waals surface area contributed by atoms with Crippen LogP contribution in [0, 0.1) is 25.2 Å². The van der Waals surface area contributed by atoms with Gasteiger partial charge in [0.25, 0.3) is 5.56 Å². The Morgan fingerprint density at radius 2 is 2.21 bits per heavy atom. The second-order valence-electron chi connectivity index (χ2n) is 5.38. The van der Waals surface area contributed by atoms with E-state index in [-0.39, 0.29) is 18.0 Å². The second kappa shape index (κ2) is 6.26. The van der Waals surface area contributed by atoms with Crippen molar-refractivity contribution >= 4 is 33.1 Å². The number of nitriles is 1. The van der Waals surface area contributed by atoms with Gasteiger partial charge in [-0.2, -0.15) is 5.26 Å². The molecule has 0 saturated heterocycles. The van der Waals surface area contributed by atoms with E-state index in [1.165, 1.54) is 22.2 Å². The van der Waals surface area contributed by atoms with Gasteiger partial charge in [0.2, 0.25) is 5.91 Å². The fourth-order valence-electron chi connectivity index (χ4n) is 2.40. The Hall–Kier alpha value is -2.98. The standard InChI is InChI=1S/C17H14N4O2S/c1-10-11(2)24-16-15(10)17(23)21(9-19-16)8-14(22)20-13-5-3-4-12(6-13)7-18/h3-6,9H,8H2,1-2H3,(H,20,22). The van der Waals surface area contributed by atoms with Crippen molar-refractivity contribution in [2.45, 2.75) is 20.4 Å². The highest BCUT2D eigenvalue weighted by molar-refractivity contribution is 7.18. The zero-order chi connectivity index (χ0) is 17.3. The molecule has 0 bridgehead atoms. The summed E-state index contributed by atoms with van der Waals surface area (Å²) < 4.78 is 1.30. The predicted molar refractivity (Wildman–Crippen MR) is 93.1 cm³/mol. The van der Waals surface area contributed by atoms with Crippen LogP contribution in [0.4, 0.5) is 5.69 Å². The number of hydrogen-bond donors (Lipinski definition) is 1. The number of hydrogen-bond acceptors (Lipinski definition) is 5. The number of carbonyl (C=O) groups is 1. The number of amides is 1. The monoisotopic (exact) mass is 338 g/mol. The number of nitrogens with zero attached hydrogens (tertiary/aromatic N) is 3. The predicted octanol–water partition coefficient (Wildman–Crippen LogP) is 2.59. The molecule has 120 valence electrons. The number of benzene rings is 1. The Bertz CT molecular complexity index is 1040. The molecule has 0 unspecified atom stereocenters. The summed E-state index contributed by atoms with van der Waals surface area (Å²) in [5, 5.41) is 12.1. The molecular formula is C17H14N4O2S. The van der Waals surface area contributed by atoms with Gasteiger partial charge in [-0.3, -0.25) is 14.2 Å². The van der Waals surface area contributed by atoms with Crippen molar-refractivity contribution in [3.05, 3.63) is 57.0 Å². The van der Waals surface area contributed by atoms with Gasteiger partial charge in [-0.1, -0.05) is 6.07 Å². The Kier molecular flexibility index (Phi) is 4.15. The normalized spacial score (nSPS) is 10.5. The summed E-state index contributed by atoms with van der Waals surface area (Å²) in [6.07, 6.45) is 1.39. The highest BCUT2D eigenvalue weighted by Gasteiger charge is 2.13. The van der Waals surface area contributed by atoms with E-state index in [2.05, 4.69) is 10.3 Å². The second-order valence-corrected chi connectivity index (χ2v) is 6.59. The number of nitrogens with one attached hydrogen (secondary N) is 1. The number of anilines is 1. The number of aryl methyl sites for hydroxylation is 2. The Balaban J connectivity index is 1.85. The SMILES string of the molecule is Cc1sc2ncn(CC(=O)Nc3cccc(C#N)c3)c(=O)c2c1C. The lowest BCUT2D eigenvalue weighted by atomic mass is 10.2. The van der Waals surface area contributed by atoms with E-state index < -0.39 is 0 Å². The van der Waals surface area contributed by atoms with E-state index in [0.29, 0.717) is 21.5 Å². The van der Waals surface area contributed by atoms with Crippen molar-refractivity contribution < 1.29 is 4.79 Å². The molecule has 1 amide bonds. The number of fused-ring (bicyclic) bond motifs is 1. The molecule has 3 rings (SSSR count). The van der Waals surface area contributed by atoms with Crippen LogP contribution in [-0.4, -0.2) is 15.5 Å². The Morgan fingerprint density at radius 3 is 2.96 bits per heavy atom. The van der Waals surface area contributed by atoms with Crippen molar-refractivity contribution in [2.75, 3.05) is 5.32 Å². The van der Waals surface area contributed by atoms with Crippen molar-refractivity contribution in [3.63, 3.8) is 0 Å². The lowest BCUT2D eigenvalue weighted by Crippen LogP contribution is -2.27. The van der Waals surface area contributed by atoms with Crippen LogP contribution in [0.25, 0.3) is 10.2 Å². The van der Waals surface area contributed by atoms with Crippen molar-refractivity contribution in [3.8, 4) is 6.07 Å². The highest BCUT2D eigenvalue weighted by Crippen LogP contribution is 2.25. The summed E-state index contributed by atoms with van der Waals surface area (Å²) in [5.41, 5.74) is 1.66. The zero-order valence-corrected chi connectivity index (χ0v) is 14.0. The summed E-state index contributed by atoms with van der Waals surface area (Å²) in [5.74, 6) is -0.349. The van der Waals surface area contributed by atoms with Gasteiger partial charge in [0.05, 0.1) is 23.3 Å². The molecule has 0 spiro atoms. The fraction of sp³-hybridized carbons (Fsp3) is 0.176. The first kappa shape index (κ1) is 15.9. The van der Waals surface area contributed by atoms with Gasteiger partial charge < -0.3 is 5.32 Å². The molecule has 1 aromatic carbocycles. The first-order valence-corrected chi connectivity index (χ1v) is 8.06. The van der Waals surface area contributed by atoms with E-state index in [4.69, 9.17) is 5.26 Å². The minimum atomic E-state index is -0.349. The van der Waals surface area contributed by atoms with Gasteiger partial charge >= 0.3 is 0 Å². The van der Waals surface area contributed by atoms with E-state index >= 15 is 0 Å². The molecule has 7 heteroatoms. The van der Waals surface area contributed by atoms with Crippen LogP contribution in [0.15, 0.2) is 35.4 Å². The minimum Gasteiger partial charge on any atom is -0.324 e. The number of thiophene rings is 1. The van der Waals surface area contributed by atoms with Gasteiger partial charge in [0.15, 0.2) is 0 Å². The van der Waals surface area contributed by atoms with E-state index in [1.807, 2.05) is 19.9 Å². The summed E-state index contributed by atoms with van der Waals surface area (Å²) in [6.45, 7) is 3.70. The van der Waals surface area contributed by atoms with Crippen LogP contribution in [-0.2, 0) is 11.3 Å². The van der Waals surface area contributed by atoms with Crippen LogP contribution in [0.3, 0.4) is 0 Å². The third kappa shape index (κ3) is 2.92. The van der Waals surface area contributed by atoms with Gasteiger partial charge in [-0.05, 0) is 37.6 Å². The first-order chi connectivity index (χ1) is 11.5. The maximum Gasteiger partial charge on any atom is 0.262 e. The van der Waals surface area contributed by atoms with Crippen molar-refractivity contribution in [1.82, 2.24) is 9.55 Å². The molecule has 2 heterocycles. The van der Waals surface area contributed by atoms with E-state index in [0.717, 1.165) is 10.4 Å². The first-order valence-electron chi connectivity index (χ1n) is 7.24. The molecule has 0 aliphatic rings. The number of rotatable bonds is 3. The molecule has 2 aromatic heterocycles. The maximum absolute atomic E-state index is 12.6. The molecule has 0 fully saturated rings. The molecule has 0 aliphatic carbocycles. The molecule has 24 heavy (non-hydrogen) atoms. The van der Waals surface area contributed by atoms with Gasteiger partial charge in [-0.15, -0.1) is 11.3 Å². The van der Waals surface area contributed by atoms with Gasteiger partial charge in [-0.25, -0.2) is 4.98 Å². The van der Waals surface area contributed by atoms with Gasteiger partial charge in [0, 0.05) is 10.6 Å². The van der Waals surface area contributed by atoms with Crippen LogP contribution in [0.2, 0.25) is 0 Å². The van der Waals surface area contributed by atoms with Crippen LogP contribution in [0.1, 0.15) is 16.0 Å². The zero-order valence-electron chi connectivity index (χ0n) is 13.2. The third-order valence-electron chi connectivity index (χ3n) is 3.75. The summed E-state index contributed by atoms with van der Waals surface area (Å²) in [6, 6.07) is 8.62. The largest absolute Gasteiger partial charge is 0.324 e. The average Bonchev–Trinajstić information content (AvgIpc) is 2.85. The van der Waals surface area contributed by atoms with E-state index in [9.17, 15) is 9.59 Å². The number of aromatic nitrogens is 2. The summed E-state index contributed by atoms with van der Waals surface area (Å²) >= 11 is 1.47. The molecule has 0 radical (unpaired) electrons. The topological polar surface area (TPSA) is 87.8 Å². The summed E-state index contributed by atoms with van der Waals surface area (Å²) in [7, 11) is 0. The molecule has 0 aliphatic heterocycles. The molecule has 0 saturated carbocycles. The van der Waals surface area contributed by atoms with Crippen LogP contribution in [0.5, 0.6) is 0 Å². The third-order valence-corrected chi connectivity index (χ3v) is 4.86. The average molecular weight is 338 g/mol. The molecular weight excluding hydrogens is 324 g/mol. The summed E-state index contributed by atoms with van der Waals surface area (Å²) in [4.78, 5) is 30.7. The van der Waals surface area contributed by atoms with Crippen molar-refractivity contribution in [2.24, 2.45) is 0 Å². The minimum absolute atomic E-state index is 0.132. The smallest absolute Gasteiger partial charge is 0.262 e. The van der Waals surface area contributed by atoms with Crippen LogP contribution >= 0.6 is 11.3 Å². The molecule has 6 nitrogen and oxygen atoms in total.